The summed E-state index contributed by atoms with van der Waals surface area (Å²) < 4.78 is 12.3. The molecule has 9 heteroatoms. The lowest BCUT2D eigenvalue weighted by Gasteiger charge is -2.22. The third-order valence-electron chi connectivity index (χ3n) is 3.91. The van der Waals surface area contributed by atoms with Gasteiger partial charge in [0.25, 0.3) is 11.8 Å². The van der Waals surface area contributed by atoms with Crippen LogP contribution in [0.1, 0.15) is 53.0 Å². The van der Waals surface area contributed by atoms with Gasteiger partial charge in [0.2, 0.25) is 0 Å². The standard InChI is InChI=1S/C17H19N5O4/c18-7-4-8-19-17(24)15-12(20-16(23)13-5-3-10-25-13)11-22(21-15)14-6-1-2-9-26-14/h3,5,10-11,14H,1-2,4,6,8-9H2,(H,19,24)(H,20,23). The Kier molecular flexibility index (Phi) is 5.66. The first-order valence-corrected chi connectivity index (χ1v) is 8.40. The number of aromatic nitrogens is 2. The van der Waals surface area contributed by atoms with Crippen LogP contribution in [0.3, 0.4) is 0 Å². The highest BCUT2D eigenvalue weighted by atomic mass is 16.5. The molecule has 0 radical (unpaired) electrons. The Morgan fingerprint density at radius 1 is 1.38 bits per heavy atom. The molecule has 136 valence electrons. The molecule has 2 aromatic heterocycles. The second kappa shape index (κ2) is 8.31. The molecule has 1 aliphatic heterocycles. The van der Waals surface area contributed by atoms with E-state index in [0.717, 1.165) is 19.3 Å². The number of hydrogen-bond donors (Lipinski definition) is 2. The predicted molar refractivity (Wildman–Crippen MR) is 90.3 cm³/mol. The molecule has 1 atom stereocenters. The summed E-state index contributed by atoms with van der Waals surface area (Å²) in [4.78, 5) is 24.6. The van der Waals surface area contributed by atoms with Crippen molar-refractivity contribution in [2.45, 2.75) is 31.9 Å². The van der Waals surface area contributed by atoms with Crippen molar-refractivity contribution in [1.29, 1.82) is 5.26 Å². The van der Waals surface area contributed by atoms with Crippen molar-refractivity contribution in [1.82, 2.24) is 15.1 Å². The maximum Gasteiger partial charge on any atom is 0.291 e. The van der Waals surface area contributed by atoms with Crippen LogP contribution >= 0.6 is 0 Å². The van der Waals surface area contributed by atoms with E-state index in [1.54, 1.807) is 16.9 Å². The van der Waals surface area contributed by atoms with Crippen molar-refractivity contribution in [3.05, 3.63) is 36.0 Å². The van der Waals surface area contributed by atoms with Gasteiger partial charge in [0.15, 0.2) is 11.5 Å². The molecule has 2 aromatic rings. The molecule has 0 aliphatic carbocycles. The van der Waals surface area contributed by atoms with Crippen LogP contribution in [0.15, 0.2) is 29.0 Å². The highest BCUT2D eigenvalue weighted by molar-refractivity contribution is 6.06. The number of amides is 2. The van der Waals surface area contributed by atoms with Gasteiger partial charge in [0.1, 0.15) is 6.23 Å². The molecule has 1 aliphatic rings. The zero-order valence-corrected chi connectivity index (χ0v) is 14.1. The topological polar surface area (TPSA) is 122 Å². The Morgan fingerprint density at radius 3 is 2.96 bits per heavy atom. The Morgan fingerprint density at radius 2 is 2.27 bits per heavy atom. The first kappa shape index (κ1) is 17.7. The van der Waals surface area contributed by atoms with E-state index in [1.807, 2.05) is 6.07 Å². The molecular weight excluding hydrogens is 338 g/mol. The maximum atomic E-state index is 12.4. The number of carbonyl (C=O) groups is 2. The average Bonchev–Trinajstić information content (AvgIpc) is 3.33. The number of anilines is 1. The number of hydrogen-bond acceptors (Lipinski definition) is 6. The monoisotopic (exact) mass is 357 g/mol. The number of nitrogens with one attached hydrogen (secondary N) is 2. The molecule has 0 bridgehead atoms. The predicted octanol–water partition coefficient (Wildman–Crippen LogP) is 2.07. The van der Waals surface area contributed by atoms with Gasteiger partial charge in [0.05, 0.1) is 30.6 Å². The van der Waals surface area contributed by atoms with Gasteiger partial charge in [-0.15, -0.1) is 0 Å². The highest BCUT2D eigenvalue weighted by Crippen LogP contribution is 2.25. The van der Waals surface area contributed by atoms with Gasteiger partial charge in [-0.3, -0.25) is 9.59 Å². The average molecular weight is 357 g/mol. The largest absolute Gasteiger partial charge is 0.459 e. The Balaban J connectivity index is 1.81. The summed E-state index contributed by atoms with van der Waals surface area (Å²) >= 11 is 0. The number of rotatable bonds is 6. The lowest BCUT2D eigenvalue weighted by molar-refractivity contribution is -0.0395. The molecule has 1 fully saturated rings. The zero-order chi connectivity index (χ0) is 18.4. The molecule has 2 N–H and O–H groups in total. The number of carbonyl (C=O) groups excluding carboxylic acids is 2. The fourth-order valence-corrected chi connectivity index (χ4v) is 2.64. The minimum atomic E-state index is -0.481. The van der Waals surface area contributed by atoms with Gasteiger partial charge in [-0.1, -0.05) is 0 Å². The van der Waals surface area contributed by atoms with Gasteiger partial charge in [-0.2, -0.15) is 10.4 Å². The summed E-state index contributed by atoms with van der Waals surface area (Å²) in [6.07, 6.45) is 5.65. The van der Waals surface area contributed by atoms with E-state index in [2.05, 4.69) is 15.7 Å². The Hall–Kier alpha value is -3.12. The molecule has 3 heterocycles. The molecule has 2 amide bonds. The summed E-state index contributed by atoms with van der Waals surface area (Å²) in [5, 5.41) is 18.2. The third kappa shape index (κ3) is 4.10. The summed E-state index contributed by atoms with van der Waals surface area (Å²) in [5.41, 5.74) is 0.326. The number of nitrogens with zero attached hydrogens (tertiary/aromatic N) is 3. The smallest absolute Gasteiger partial charge is 0.291 e. The van der Waals surface area contributed by atoms with E-state index in [0.29, 0.717) is 6.61 Å². The second-order valence-corrected chi connectivity index (χ2v) is 5.79. The fourth-order valence-electron chi connectivity index (χ4n) is 2.64. The van der Waals surface area contributed by atoms with Crippen molar-refractivity contribution in [2.24, 2.45) is 0 Å². The van der Waals surface area contributed by atoms with E-state index >= 15 is 0 Å². The van der Waals surface area contributed by atoms with Crippen LogP contribution in [0.4, 0.5) is 5.69 Å². The van der Waals surface area contributed by atoms with Crippen molar-refractivity contribution >= 4 is 17.5 Å². The normalized spacial score (nSPS) is 16.7. The first-order chi connectivity index (χ1) is 12.7. The van der Waals surface area contributed by atoms with Gasteiger partial charge in [-0.05, 0) is 31.4 Å². The quantitative estimate of drug-likeness (QED) is 0.763. The van der Waals surface area contributed by atoms with Crippen LogP contribution < -0.4 is 10.6 Å². The fraction of sp³-hybridized carbons (Fsp3) is 0.412. The highest BCUT2D eigenvalue weighted by Gasteiger charge is 2.24. The van der Waals surface area contributed by atoms with Crippen molar-refractivity contribution in [3.8, 4) is 6.07 Å². The van der Waals surface area contributed by atoms with E-state index in [-0.39, 0.29) is 36.3 Å². The summed E-state index contributed by atoms with van der Waals surface area (Å²) in [7, 11) is 0. The van der Waals surface area contributed by atoms with Crippen molar-refractivity contribution in [2.75, 3.05) is 18.5 Å². The second-order valence-electron chi connectivity index (χ2n) is 5.79. The summed E-state index contributed by atoms with van der Waals surface area (Å²) in [5.74, 6) is -0.822. The Bertz CT molecular complexity index is 800. The van der Waals surface area contributed by atoms with Crippen LogP contribution in [0, 0.1) is 11.3 Å². The lowest BCUT2D eigenvalue weighted by Crippen LogP contribution is -2.26. The third-order valence-corrected chi connectivity index (χ3v) is 3.91. The Labute approximate surface area is 149 Å². The van der Waals surface area contributed by atoms with Gasteiger partial charge >= 0.3 is 0 Å². The van der Waals surface area contributed by atoms with E-state index in [9.17, 15) is 9.59 Å². The molecule has 0 aromatic carbocycles. The minimum absolute atomic E-state index is 0.0667. The number of nitriles is 1. The summed E-state index contributed by atoms with van der Waals surface area (Å²) in [6.45, 7) is 0.829. The molecule has 0 spiro atoms. The SMILES string of the molecule is N#CCCNC(=O)c1nn(C2CCCCO2)cc1NC(=O)c1ccco1. The zero-order valence-electron chi connectivity index (χ0n) is 14.1. The minimum Gasteiger partial charge on any atom is -0.459 e. The van der Waals surface area contributed by atoms with Crippen LogP contribution in [0.25, 0.3) is 0 Å². The van der Waals surface area contributed by atoms with Crippen LogP contribution in [0.5, 0.6) is 0 Å². The van der Waals surface area contributed by atoms with Crippen molar-refractivity contribution in [3.63, 3.8) is 0 Å². The molecule has 0 saturated carbocycles. The van der Waals surface area contributed by atoms with Gasteiger partial charge in [0, 0.05) is 13.2 Å². The van der Waals surface area contributed by atoms with Gasteiger partial charge < -0.3 is 19.8 Å². The van der Waals surface area contributed by atoms with Crippen LogP contribution in [-0.2, 0) is 4.74 Å². The summed E-state index contributed by atoms with van der Waals surface area (Å²) in [6, 6.07) is 5.08. The number of ether oxygens (including phenoxy) is 1. The first-order valence-electron chi connectivity index (χ1n) is 8.40. The lowest BCUT2D eigenvalue weighted by atomic mass is 10.2. The van der Waals surface area contributed by atoms with E-state index < -0.39 is 11.8 Å². The molecule has 26 heavy (non-hydrogen) atoms. The molecule has 3 rings (SSSR count). The van der Waals surface area contributed by atoms with Crippen LogP contribution in [-0.4, -0.2) is 34.7 Å². The van der Waals surface area contributed by atoms with Gasteiger partial charge in [-0.25, -0.2) is 4.68 Å². The molecule has 1 saturated heterocycles. The van der Waals surface area contributed by atoms with E-state index in [1.165, 1.54) is 12.3 Å². The number of furan rings is 1. The maximum absolute atomic E-state index is 12.4. The molecule has 1 unspecified atom stereocenters. The van der Waals surface area contributed by atoms with Crippen LogP contribution in [0.2, 0.25) is 0 Å². The molecule has 9 nitrogen and oxygen atoms in total. The van der Waals surface area contributed by atoms with Crippen molar-refractivity contribution < 1.29 is 18.7 Å². The molecular formula is C17H19N5O4. The van der Waals surface area contributed by atoms with E-state index in [4.69, 9.17) is 14.4 Å².